The molecular weight excluding hydrogens is 302 g/mol. The predicted molar refractivity (Wildman–Crippen MR) is 83.2 cm³/mol. The Kier molecular flexibility index (Phi) is 5.13. The number of carbonyl (C=O) groups is 2. The number of ketones is 2. The van der Waals surface area contributed by atoms with E-state index < -0.39 is 10.0 Å². The van der Waals surface area contributed by atoms with Crippen LogP contribution < -0.4 is 0 Å². The van der Waals surface area contributed by atoms with Crippen LogP contribution in [-0.2, 0) is 14.8 Å². The number of Topliss-reactive ketones (excluding diaryl/α,β-unsaturated/α-hetero) is 2. The van der Waals surface area contributed by atoms with Crippen LogP contribution in [0.3, 0.4) is 0 Å². The van der Waals surface area contributed by atoms with Gasteiger partial charge in [-0.15, -0.1) is 0 Å². The highest BCUT2D eigenvalue weighted by Crippen LogP contribution is 2.26. The van der Waals surface area contributed by atoms with E-state index in [1.165, 1.54) is 35.5 Å². The van der Waals surface area contributed by atoms with Gasteiger partial charge in [-0.3, -0.25) is 4.79 Å². The van der Waals surface area contributed by atoms with Gasteiger partial charge in [-0.25, -0.2) is 8.42 Å². The minimum absolute atomic E-state index is 0.0889. The van der Waals surface area contributed by atoms with Gasteiger partial charge in [-0.2, -0.15) is 4.31 Å². The lowest BCUT2D eigenvalue weighted by molar-refractivity contribution is -0.118. The zero-order valence-electron chi connectivity index (χ0n) is 12.9. The molecule has 22 heavy (non-hydrogen) atoms. The number of piperidine rings is 1. The third-order valence-corrected chi connectivity index (χ3v) is 5.96. The first-order chi connectivity index (χ1) is 10.3. The van der Waals surface area contributed by atoms with Crippen LogP contribution in [0.4, 0.5) is 0 Å². The molecule has 1 heterocycles. The maximum absolute atomic E-state index is 12.6. The molecule has 1 aliphatic rings. The predicted octanol–water partition coefficient (Wildman–Crippen LogP) is 2.27. The number of benzene rings is 1. The summed E-state index contributed by atoms with van der Waals surface area (Å²) >= 11 is 0. The molecule has 0 bridgehead atoms. The Morgan fingerprint density at radius 1 is 1.09 bits per heavy atom. The van der Waals surface area contributed by atoms with E-state index in [2.05, 4.69) is 0 Å². The molecule has 5 nitrogen and oxygen atoms in total. The first-order valence-corrected chi connectivity index (χ1v) is 8.85. The Balaban J connectivity index is 2.08. The second-order valence-electron chi connectivity index (χ2n) is 5.83. The quantitative estimate of drug-likeness (QED) is 0.779. The van der Waals surface area contributed by atoms with Gasteiger partial charge in [-0.05, 0) is 44.7 Å². The molecule has 0 spiro atoms. The van der Waals surface area contributed by atoms with Crippen molar-refractivity contribution in [2.75, 3.05) is 13.1 Å². The fraction of sp³-hybridized carbons (Fsp3) is 0.500. The van der Waals surface area contributed by atoms with Gasteiger partial charge in [-0.1, -0.05) is 12.1 Å². The summed E-state index contributed by atoms with van der Waals surface area (Å²) in [4.78, 5) is 22.6. The standard InChI is InChI=1S/C16H21NO4S/c1-12(18)11-14-7-9-17(10-8-14)22(20,21)16-5-3-15(4-6-16)13(2)19/h3-6,14H,7-11H2,1-2H3. The molecule has 0 aromatic heterocycles. The van der Waals surface area contributed by atoms with E-state index in [4.69, 9.17) is 0 Å². The minimum atomic E-state index is -3.52. The third-order valence-electron chi connectivity index (χ3n) is 4.05. The number of sulfonamides is 1. The Bertz CT molecular complexity index is 656. The van der Waals surface area contributed by atoms with E-state index in [0.29, 0.717) is 37.9 Å². The first kappa shape index (κ1) is 16.8. The highest BCUT2D eigenvalue weighted by atomic mass is 32.2. The summed E-state index contributed by atoms with van der Waals surface area (Å²) in [6, 6.07) is 6.04. The first-order valence-electron chi connectivity index (χ1n) is 7.41. The Hall–Kier alpha value is -1.53. The topological polar surface area (TPSA) is 71.5 Å². The summed E-state index contributed by atoms with van der Waals surface area (Å²) in [6.07, 6.45) is 1.95. The van der Waals surface area contributed by atoms with Gasteiger partial charge in [0.15, 0.2) is 5.78 Å². The van der Waals surface area contributed by atoms with Crippen LogP contribution in [0, 0.1) is 5.92 Å². The van der Waals surface area contributed by atoms with Crippen LogP contribution in [-0.4, -0.2) is 37.4 Å². The average molecular weight is 323 g/mol. The van der Waals surface area contributed by atoms with Gasteiger partial charge >= 0.3 is 0 Å². The van der Waals surface area contributed by atoms with Crippen molar-refractivity contribution < 1.29 is 18.0 Å². The second kappa shape index (κ2) is 6.71. The average Bonchev–Trinajstić information content (AvgIpc) is 2.47. The zero-order chi connectivity index (χ0) is 16.3. The van der Waals surface area contributed by atoms with Crippen LogP contribution in [0.15, 0.2) is 29.2 Å². The fourth-order valence-corrected chi connectivity index (χ4v) is 4.24. The molecule has 1 aliphatic heterocycles. The summed E-state index contributed by atoms with van der Waals surface area (Å²) in [5, 5.41) is 0. The van der Waals surface area contributed by atoms with E-state index in [0.717, 1.165) is 0 Å². The van der Waals surface area contributed by atoms with Gasteiger partial charge in [0.05, 0.1) is 4.90 Å². The third kappa shape index (κ3) is 3.81. The maximum Gasteiger partial charge on any atom is 0.243 e. The molecule has 0 atom stereocenters. The van der Waals surface area contributed by atoms with Crippen LogP contribution in [0.25, 0.3) is 0 Å². The molecule has 120 valence electrons. The normalized spacial score (nSPS) is 17.4. The summed E-state index contributed by atoms with van der Waals surface area (Å²) in [6.45, 7) is 3.90. The lowest BCUT2D eigenvalue weighted by atomic mass is 9.93. The van der Waals surface area contributed by atoms with Crippen molar-refractivity contribution in [1.29, 1.82) is 0 Å². The largest absolute Gasteiger partial charge is 0.300 e. The SMILES string of the molecule is CC(=O)CC1CCN(S(=O)(=O)c2ccc(C(C)=O)cc2)CC1. The van der Waals surface area contributed by atoms with Crippen molar-refractivity contribution in [1.82, 2.24) is 4.31 Å². The Labute approximate surface area is 131 Å². The lowest BCUT2D eigenvalue weighted by Gasteiger charge is -2.30. The number of nitrogens with zero attached hydrogens (tertiary/aromatic N) is 1. The van der Waals surface area contributed by atoms with E-state index in [1.807, 2.05) is 0 Å². The van der Waals surface area contributed by atoms with Crippen molar-refractivity contribution in [3.05, 3.63) is 29.8 Å². The molecule has 2 rings (SSSR count). The van der Waals surface area contributed by atoms with Crippen molar-refractivity contribution in [2.24, 2.45) is 5.92 Å². The van der Waals surface area contributed by atoms with Crippen LogP contribution in [0.1, 0.15) is 43.5 Å². The molecule has 0 unspecified atom stereocenters. The van der Waals surface area contributed by atoms with Crippen molar-refractivity contribution in [3.8, 4) is 0 Å². The number of hydrogen-bond donors (Lipinski definition) is 0. The molecule has 1 saturated heterocycles. The molecule has 0 aliphatic carbocycles. The molecule has 0 saturated carbocycles. The fourth-order valence-electron chi connectivity index (χ4n) is 2.77. The van der Waals surface area contributed by atoms with Crippen molar-refractivity contribution in [3.63, 3.8) is 0 Å². The van der Waals surface area contributed by atoms with Crippen molar-refractivity contribution in [2.45, 2.75) is 38.0 Å². The van der Waals surface area contributed by atoms with Gasteiger partial charge in [0.2, 0.25) is 10.0 Å². The molecule has 1 aromatic rings. The number of hydrogen-bond acceptors (Lipinski definition) is 4. The molecule has 1 fully saturated rings. The van der Waals surface area contributed by atoms with E-state index in [9.17, 15) is 18.0 Å². The molecule has 0 N–H and O–H groups in total. The van der Waals surface area contributed by atoms with Gasteiger partial charge in [0.1, 0.15) is 5.78 Å². The number of carbonyl (C=O) groups excluding carboxylic acids is 2. The van der Waals surface area contributed by atoms with Crippen molar-refractivity contribution >= 4 is 21.6 Å². The lowest BCUT2D eigenvalue weighted by Crippen LogP contribution is -2.38. The molecular formula is C16H21NO4S. The van der Waals surface area contributed by atoms with Gasteiger partial charge < -0.3 is 4.79 Å². The van der Waals surface area contributed by atoms with Gasteiger partial charge in [0.25, 0.3) is 0 Å². The number of rotatable bonds is 5. The molecule has 0 amide bonds. The minimum Gasteiger partial charge on any atom is -0.300 e. The smallest absolute Gasteiger partial charge is 0.243 e. The maximum atomic E-state index is 12.6. The highest BCUT2D eigenvalue weighted by Gasteiger charge is 2.29. The Morgan fingerprint density at radius 2 is 1.64 bits per heavy atom. The summed E-state index contributed by atoms with van der Waals surface area (Å²) in [7, 11) is -3.52. The van der Waals surface area contributed by atoms with Gasteiger partial charge in [0, 0.05) is 25.1 Å². The second-order valence-corrected chi connectivity index (χ2v) is 7.77. The Morgan fingerprint density at radius 3 is 2.09 bits per heavy atom. The van der Waals surface area contributed by atoms with E-state index >= 15 is 0 Å². The van der Waals surface area contributed by atoms with E-state index in [1.54, 1.807) is 6.92 Å². The molecule has 1 aromatic carbocycles. The summed E-state index contributed by atoms with van der Waals surface area (Å²) in [5.41, 5.74) is 0.499. The summed E-state index contributed by atoms with van der Waals surface area (Å²) in [5.74, 6) is 0.346. The van der Waals surface area contributed by atoms with Crippen LogP contribution >= 0.6 is 0 Å². The summed E-state index contributed by atoms with van der Waals surface area (Å²) < 4.78 is 26.6. The highest BCUT2D eigenvalue weighted by molar-refractivity contribution is 7.89. The monoisotopic (exact) mass is 323 g/mol. The van der Waals surface area contributed by atoms with Crippen LogP contribution in [0.2, 0.25) is 0 Å². The molecule has 6 heteroatoms. The van der Waals surface area contributed by atoms with E-state index in [-0.39, 0.29) is 22.4 Å². The van der Waals surface area contributed by atoms with Crippen LogP contribution in [0.5, 0.6) is 0 Å². The molecule has 0 radical (unpaired) electrons. The zero-order valence-corrected chi connectivity index (χ0v) is 13.7.